The van der Waals surface area contributed by atoms with Gasteiger partial charge in [0.2, 0.25) is 5.91 Å². The fourth-order valence-corrected chi connectivity index (χ4v) is 4.42. The van der Waals surface area contributed by atoms with Crippen LogP contribution in [0.3, 0.4) is 0 Å². The first kappa shape index (κ1) is 19.3. The average molecular weight is 385 g/mol. The molecule has 3 aliphatic rings. The molecule has 28 heavy (non-hydrogen) atoms. The van der Waals surface area contributed by atoms with Crippen LogP contribution in [0.25, 0.3) is 0 Å². The van der Waals surface area contributed by atoms with Gasteiger partial charge in [0.1, 0.15) is 5.75 Å². The average Bonchev–Trinajstić information content (AvgIpc) is 3.57. The van der Waals surface area contributed by atoms with E-state index >= 15 is 0 Å². The number of benzene rings is 1. The Balaban J connectivity index is 1.24. The summed E-state index contributed by atoms with van der Waals surface area (Å²) >= 11 is 0. The minimum atomic E-state index is -0.00167. The van der Waals surface area contributed by atoms with E-state index < -0.39 is 0 Å². The first-order chi connectivity index (χ1) is 13.7. The lowest BCUT2D eigenvalue weighted by Crippen LogP contribution is -2.44. The molecule has 5 heteroatoms. The number of piperidine rings is 1. The Labute approximate surface area is 167 Å². The number of likely N-dealkylation sites (tertiary alicyclic amines) is 1. The molecule has 1 aliphatic heterocycles. The van der Waals surface area contributed by atoms with E-state index in [9.17, 15) is 9.59 Å². The van der Waals surface area contributed by atoms with Crippen molar-refractivity contribution < 1.29 is 14.3 Å². The first-order valence-electron chi connectivity index (χ1n) is 11.0. The number of rotatable bonds is 6. The third-order valence-electron chi connectivity index (χ3n) is 6.30. The Morgan fingerprint density at radius 3 is 2.43 bits per heavy atom. The number of hydrogen-bond acceptors (Lipinski definition) is 3. The predicted octanol–water partition coefficient (Wildman–Crippen LogP) is 3.78. The zero-order valence-electron chi connectivity index (χ0n) is 16.7. The van der Waals surface area contributed by atoms with Crippen molar-refractivity contribution in [3.63, 3.8) is 0 Å². The summed E-state index contributed by atoms with van der Waals surface area (Å²) in [4.78, 5) is 26.9. The van der Waals surface area contributed by atoms with Crippen LogP contribution in [0.5, 0.6) is 5.75 Å². The van der Waals surface area contributed by atoms with Crippen LogP contribution < -0.4 is 10.1 Å². The maximum Gasteiger partial charge on any atom is 0.251 e. The maximum atomic E-state index is 12.8. The van der Waals surface area contributed by atoms with Gasteiger partial charge >= 0.3 is 0 Å². The topological polar surface area (TPSA) is 58.6 Å². The number of nitrogens with zero attached hydrogens (tertiary/aromatic N) is 1. The lowest BCUT2D eigenvalue weighted by Gasteiger charge is -2.35. The van der Waals surface area contributed by atoms with Crippen molar-refractivity contribution in [2.75, 3.05) is 19.7 Å². The number of amides is 2. The third-order valence-corrected chi connectivity index (χ3v) is 6.30. The van der Waals surface area contributed by atoms with Gasteiger partial charge in [0.05, 0.1) is 6.61 Å². The minimum absolute atomic E-state index is 0.00167. The summed E-state index contributed by atoms with van der Waals surface area (Å²) in [5, 5.41) is 3.00. The van der Waals surface area contributed by atoms with E-state index in [0.29, 0.717) is 30.0 Å². The number of nitrogens with one attached hydrogen (secondary N) is 1. The highest BCUT2D eigenvalue weighted by Gasteiger charge is 2.30. The molecule has 0 spiro atoms. The molecule has 4 rings (SSSR count). The molecule has 0 aromatic heterocycles. The Hall–Kier alpha value is -2.04. The molecule has 5 nitrogen and oxygen atoms in total. The molecule has 1 atom stereocenters. The van der Waals surface area contributed by atoms with Gasteiger partial charge < -0.3 is 15.0 Å². The van der Waals surface area contributed by atoms with Crippen LogP contribution in [0.2, 0.25) is 0 Å². The molecule has 1 N–H and O–H groups in total. The van der Waals surface area contributed by atoms with Crippen molar-refractivity contribution in [1.82, 2.24) is 10.2 Å². The maximum absolute atomic E-state index is 12.8. The summed E-state index contributed by atoms with van der Waals surface area (Å²) in [6.45, 7) is 2.34. The summed E-state index contributed by atoms with van der Waals surface area (Å²) < 4.78 is 5.98. The predicted molar refractivity (Wildman–Crippen MR) is 108 cm³/mol. The fraction of sp³-hybridized carbons (Fsp3) is 0.652. The van der Waals surface area contributed by atoms with Crippen molar-refractivity contribution >= 4 is 11.8 Å². The number of carbonyl (C=O) groups is 2. The van der Waals surface area contributed by atoms with Gasteiger partial charge in [-0.1, -0.05) is 19.3 Å². The van der Waals surface area contributed by atoms with Crippen molar-refractivity contribution in [1.29, 1.82) is 0 Å². The summed E-state index contributed by atoms with van der Waals surface area (Å²) in [6, 6.07) is 7.76. The highest BCUT2D eigenvalue weighted by molar-refractivity contribution is 5.94. The molecule has 0 bridgehead atoms. The summed E-state index contributed by atoms with van der Waals surface area (Å²) in [5.74, 6) is 1.80. The molecule has 0 radical (unpaired) electrons. The smallest absolute Gasteiger partial charge is 0.251 e. The highest BCUT2D eigenvalue weighted by Crippen LogP contribution is 2.28. The van der Waals surface area contributed by atoms with Crippen LogP contribution >= 0.6 is 0 Å². The van der Waals surface area contributed by atoms with Crippen LogP contribution in [0.4, 0.5) is 0 Å². The van der Waals surface area contributed by atoms with E-state index in [-0.39, 0.29) is 11.8 Å². The van der Waals surface area contributed by atoms with Gasteiger partial charge in [-0.25, -0.2) is 0 Å². The molecule has 1 heterocycles. The van der Waals surface area contributed by atoms with Gasteiger partial charge in [-0.2, -0.15) is 0 Å². The lowest BCUT2D eigenvalue weighted by atomic mass is 9.87. The van der Waals surface area contributed by atoms with Crippen LogP contribution in [-0.4, -0.2) is 42.5 Å². The molecule has 1 saturated heterocycles. The van der Waals surface area contributed by atoms with E-state index in [1.54, 1.807) is 0 Å². The van der Waals surface area contributed by atoms with Crippen molar-refractivity contribution in [3.05, 3.63) is 29.8 Å². The molecule has 3 fully saturated rings. The second kappa shape index (κ2) is 8.97. The van der Waals surface area contributed by atoms with Gasteiger partial charge in [-0.3, -0.25) is 9.59 Å². The fourth-order valence-electron chi connectivity index (χ4n) is 4.42. The van der Waals surface area contributed by atoms with Crippen molar-refractivity contribution in [2.24, 2.45) is 11.8 Å². The quantitative estimate of drug-likeness (QED) is 0.812. The van der Waals surface area contributed by atoms with E-state index in [0.717, 1.165) is 57.4 Å². The molecule has 1 aromatic rings. The second-order valence-electron chi connectivity index (χ2n) is 8.71. The van der Waals surface area contributed by atoms with Gasteiger partial charge in [-0.05, 0) is 62.8 Å². The molecule has 2 aliphatic carbocycles. The van der Waals surface area contributed by atoms with Gasteiger partial charge in [0.15, 0.2) is 0 Å². The molecule has 2 saturated carbocycles. The van der Waals surface area contributed by atoms with E-state index in [1.165, 1.54) is 19.3 Å². The monoisotopic (exact) mass is 384 g/mol. The molecule has 152 valence electrons. The van der Waals surface area contributed by atoms with Crippen molar-refractivity contribution in [3.8, 4) is 5.75 Å². The van der Waals surface area contributed by atoms with Gasteiger partial charge in [-0.15, -0.1) is 0 Å². The van der Waals surface area contributed by atoms with E-state index in [2.05, 4.69) is 10.2 Å². The molecular weight excluding hydrogens is 352 g/mol. The summed E-state index contributed by atoms with van der Waals surface area (Å²) in [5.41, 5.74) is 0.682. The van der Waals surface area contributed by atoms with Crippen LogP contribution in [0.1, 0.15) is 68.1 Å². The number of hydrogen-bond donors (Lipinski definition) is 1. The van der Waals surface area contributed by atoms with Gasteiger partial charge in [0, 0.05) is 36.5 Å². The Morgan fingerprint density at radius 2 is 1.71 bits per heavy atom. The Kier molecular flexibility index (Phi) is 6.18. The number of ether oxygens (including phenoxy) is 1. The standard InChI is InChI=1S/C23H32N2O3/c26-22(24-20-10-11-20)18-8-12-21(13-9-18)28-16-17-5-4-14-25(15-17)23(27)19-6-2-1-3-7-19/h8-9,12-13,17,19-20H,1-7,10-11,14-16H2,(H,24,26)/t17-/m1/s1. The SMILES string of the molecule is O=C(NC1CC1)c1ccc(OC[C@@H]2CCCN(C(=O)C3CCCCC3)C2)cc1. The third kappa shape index (κ3) is 5.06. The summed E-state index contributed by atoms with van der Waals surface area (Å²) in [7, 11) is 0. The van der Waals surface area contributed by atoms with Gasteiger partial charge in [0.25, 0.3) is 5.91 Å². The van der Waals surface area contributed by atoms with E-state index in [4.69, 9.17) is 4.74 Å². The van der Waals surface area contributed by atoms with Crippen molar-refractivity contribution in [2.45, 2.75) is 63.8 Å². The molecule has 0 unspecified atom stereocenters. The Morgan fingerprint density at radius 1 is 0.964 bits per heavy atom. The first-order valence-corrected chi connectivity index (χ1v) is 11.0. The minimum Gasteiger partial charge on any atom is -0.493 e. The molecule has 2 amide bonds. The highest BCUT2D eigenvalue weighted by atomic mass is 16.5. The van der Waals surface area contributed by atoms with E-state index in [1.807, 2.05) is 24.3 Å². The van der Waals surface area contributed by atoms with Crippen LogP contribution in [0, 0.1) is 11.8 Å². The van der Waals surface area contributed by atoms with Crippen LogP contribution in [-0.2, 0) is 4.79 Å². The van der Waals surface area contributed by atoms with Crippen LogP contribution in [0.15, 0.2) is 24.3 Å². The lowest BCUT2D eigenvalue weighted by molar-refractivity contribution is -0.138. The second-order valence-corrected chi connectivity index (χ2v) is 8.71. The Bertz CT molecular complexity index is 678. The summed E-state index contributed by atoms with van der Waals surface area (Å²) in [6.07, 6.45) is 10.2. The zero-order valence-corrected chi connectivity index (χ0v) is 16.7. The zero-order chi connectivity index (χ0) is 19.3. The number of carbonyl (C=O) groups excluding carboxylic acids is 2. The molecular formula is C23H32N2O3. The normalized spacial score (nSPS) is 23.3. The molecule has 1 aromatic carbocycles. The largest absolute Gasteiger partial charge is 0.493 e.